The van der Waals surface area contributed by atoms with Crippen LogP contribution in [0.4, 0.5) is 8.78 Å². The number of nitrogens with one attached hydrogen (secondary N) is 1. The van der Waals surface area contributed by atoms with Crippen LogP contribution in [0.25, 0.3) is 10.9 Å². The Bertz CT molecular complexity index is 1260. The van der Waals surface area contributed by atoms with Crippen LogP contribution in [0.5, 0.6) is 0 Å². The largest absolute Gasteiger partial charge is 0.349 e. The molecule has 0 aliphatic carbocycles. The van der Waals surface area contributed by atoms with E-state index in [0.29, 0.717) is 12.2 Å². The van der Waals surface area contributed by atoms with E-state index in [0.717, 1.165) is 34.1 Å². The summed E-state index contributed by atoms with van der Waals surface area (Å²) >= 11 is 0. The Morgan fingerprint density at radius 3 is 1.94 bits per heavy atom. The highest BCUT2D eigenvalue weighted by Crippen LogP contribution is 2.40. The molecule has 0 unspecified atom stereocenters. The Balaban J connectivity index is 2.05. The van der Waals surface area contributed by atoms with Crippen LogP contribution in [0.15, 0.2) is 72.8 Å². The average Bonchev–Trinajstić information content (AvgIpc) is 3.14. The van der Waals surface area contributed by atoms with E-state index < -0.39 is 5.92 Å². The number of para-hydroxylation sites is 1. The van der Waals surface area contributed by atoms with Crippen LogP contribution in [0.2, 0.25) is 0 Å². The Morgan fingerprint density at radius 1 is 0.886 bits per heavy atom. The lowest BCUT2D eigenvalue weighted by atomic mass is 9.83. The van der Waals surface area contributed by atoms with Crippen molar-refractivity contribution in [2.45, 2.75) is 32.4 Å². The van der Waals surface area contributed by atoms with Crippen molar-refractivity contribution < 1.29 is 13.6 Å². The maximum atomic E-state index is 13.9. The predicted octanol–water partition coefficient (Wildman–Crippen LogP) is 5.80. The number of carbonyl (C=O) groups is 1. The third kappa shape index (κ3) is 5.28. The van der Waals surface area contributed by atoms with E-state index in [2.05, 4.69) is 14.8 Å². The Hall–Kier alpha value is -3.51. The number of hydrogen-bond donors (Lipinski definition) is 1. The molecule has 0 radical (unpaired) electrons. The minimum atomic E-state index is -0.394. The van der Waals surface area contributed by atoms with Crippen molar-refractivity contribution in [2.24, 2.45) is 0 Å². The van der Waals surface area contributed by atoms with Gasteiger partial charge in [-0.15, -0.1) is 0 Å². The monoisotopic (exact) mass is 475 g/mol. The van der Waals surface area contributed by atoms with Gasteiger partial charge in [-0.3, -0.25) is 4.79 Å². The molecule has 0 aliphatic heterocycles. The molecule has 0 saturated heterocycles. The maximum Gasteiger partial charge on any atom is 0.268 e. The van der Waals surface area contributed by atoms with Crippen LogP contribution in [-0.2, 0) is 6.54 Å². The lowest BCUT2D eigenvalue weighted by Crippen LogP contribution is -2.33. The molecule has 1 N–H and O–H groups in total. The number of nitrogens with zero attached hydrogens (tertiary/aromatic N) is 2. The predicted molar refractivity (Wildman–Crippen MR) is 137 cm³/mol. The summed E-state index contributed by atoms with van der Waals surface area (Å²) in [5.74, 6) is -1.23. The molecule has 1 heterocycles. The second-order valence-electron chi connectivity index (χ2n) is 9.40. The smallest absolute Gasteiger partial charge is 0.268 e. The molecule has 4 nitrogen and oxygen atoms in total. The fourth-order valence-electron chi connectivity index (χ4n) is 4.57. The Morgan fingerprint density at radius 2 is 1.43 bits per heavy atom. The molecule has 0 spiro atoms. The van der Waals surface area contributed by atoms with E-state index in [9.17, 15) is 13.6 Å². The highest BCUT2D eigenvalue weighted by Gasteiger charge is 2.30. The van der Waals surface area contributed by atoms with Crippen molar-refractivity contribution in [3.05, 3.63) is 107 Å². The van der Waals surface area contributed by atoms with Crippen LogP contribution in [0.3, 0.4) is 0 Å². The molecular weight excluding hydrogens is 444 g/mol. The summed E-state index contributed by atoms with van der Waals surface area (Å²) in [6.45, 7) is 5.23. The molecule has 35 heavy (non-hydrogen) atoms. The third-order valence-corrected chi connectivity index (χ3v) is 6.11. The number of amides is 1. The summed E-state index contributed by atoms with van der Waals surface area (Å²) in [6.07, 6.45) is 0. The molecular formula is C29H31F2N3O. The van der Waals surface area contributed by atoms with E-state index in [-0.39, 0.29) is 23.6 Å². The van der Waals surface area contributed by atoms with Gasteiger partial charge in [-0.05, 0) is 69.4 Å². The number of fused-ring (bicyclic) bond motifs is 1. The summed E-state index contributed by atoms with van der Waals surface area (Å²) in [5.41, 5.74) is 4.00. The van der Waals surface area contributed by atoms with Gasteiger partial charge in [0.15, 0.2) is 0 Å². The first kappa shape index (κ1) is 24.6. The number of likely N-dealkylation sites (N-methyl/N-ethyl adjacent to an activating group) is 1. The molecule has 3 aromatic carbocycles. The fourth-order valence-corrected chi connectivity index (χ4v) is 4.57. The molecule has 1 amide bonds. The first-order valence-corrected chi connectivity index (χ1v) is 11.8. The SMILES string of the molecule is CC(C)NC(=O)c1c(C(c2ccc(F)cc2)c2ccc(F)cc2)c2ccccc2n1CCN(C)C. The summed E-state index contributed by atoms with van der Waals surface area (Å²) in [7, 11) is 4.00. The van der Waals surface area contributed by atoms with Gasteiger partial charge in [0.1, 0.15) is 17.3 Å². The van der Waals surface area contributed by atoms with Crippen LogP contribution in [0, 0.1) is 11.6 Å². The summed E-state index contributed by atoms with van der Waals surface area (Å²) in [4.78, 5) is 15.8. The average molecular weight is 476 g/mol. The lowest BCUT2D eigenvalue weighted by molar-refractivity contribution is 0.0932. The molecule has 0 saturated carbocycles. The second-order valence-corrected chi connectivity index (χ2v) is 9.40. The zero-order valence-electron chi connectivity index (χ0n) is 20.6. The molecule has 0 atom stereocenters. The zero-order valence-corrected chi connectivity index (χ0v) is 20.6. The summed E-state index contributed by atoms with van der Waals surface area (Å²) in [5, 5.41) is 4.01. The van der Waals surface area contributed by atoms with Gasteiger partial charge in [0, 0.05) is 41.5 Å². The number of aromatic nitrogens is 1. The lowest BCUT2D eigenvalue weighted by Gasteiger charge is -2.22. The van der Waals surface area contributed by atoms with E-state index in [1.165, 1.54) is 24.3 Å². The van der Waals surface area contributed by atoms with Gasteiger partial charge in [-0.1, -0.05) is 42.5 Å². The van der Waals surface area contributed by atoms with Crippen molar-refractivity contribution in [2.75, 3.05) is 20.6 Å². The standard InChI is InChI=1S/C29H31F2N3O/c1-19(2)32-29(35)28-27(24-7-5-6-8-25(24)34(28)18-17-33(3)4)26(20-9-13-22(30)14-10-20)21-11-15-23(31)16-12-21/h5-16,19,26H,17-18H2,1-4H3,(H,32,35). The second kappa shape index (κ2) is 10.4. The minimum Gasteiger partial charge on any atom is -0.349 e. The van der Waals surface area contributed by atoms with Crippen LogP contribution in [-0.4, -0.2) is 42.1 Å². The van der Waals surface area contributed by atoms with Crippen molar-refractivity contribution in [3.8, 4) is 0 Å². The topological polar surface area (TPSA) is 37.3 Å². The van der Waals surface area contributed by atoms with Gasteiger partial charge in [-0.2, -0.15) is 0 Å². The maximum absolute atomic E-state index is 13.9. The number of hydrogen-bond acceptors (Lipinski definition) is 2. The van der Waals surface area contributed by atoms with Crippen LogP contribution < -0.4 is 5.32 Å². The van der Waals surface area contributed by atoms with Gasteiger partial charge >= 0.3 is 0 Å². The van der Waals surface area contributed by atoms with Crippen LogP contribution >= 0.6 is 0 Å². The third-order valence-electron chi connectivity index (χ3n) is 6.11. The highest BCUT2D eigenvalue weighted by atomic mass is 19.1. The van der Waals surface area contributed by atoms with Crippen molar-refractivity contribution in [3.63, 3.8) is 0 Å². The number of benzene rings is 3. The van der Waals surface area contributed by atoms with Gasteiger partial charge < -0.3 is 14.8 Å². The van der Waals surface area contributed by atoms with E-state index >= 15 is 0 Å². The molecule has 0 fully saturated rings. The molecule has 4 aromatic rings. The van der Waals surface area contributed by atoms with E-state index in [4.69, 9.17) is 0 Å². The molecule has 0 aliphatic rings. The van der Waals surface area contributed by atoms with Gasteiger partial charge in [-0.25, -0.2) is 8.78 Å². The summed E-state index contributed by atoms with van der Waals surface area (Å²) < 4.78 is 29.8. The van der Waals surface area contributed by atoms with Crippen molar-refractivity contribution >= 4 is 16.8 Å². The van der Waals surface area contributed by atoms with Gasteiger partial charge in [0.25, 0.3) is 5.91 Å². The van der Waals surface area contributed by atoms with Crippen molar-refractivity contribution in [1.82, 2.24) is 14.8 Å². The highest BCUT2D eigenvalue weighted by molar-refractivity contribution is 6.03. The first-order valence-electron chi connectivity index (χ1n) is 11.8. The number of carbonyl (C=O) groups excluding carboxylic acids is 1. The Labute approximate surface area is 205 Å². The molecule has 182 valence electrons. The molecule has 1 aromatic heterocycles. The van der Waals surface area contributed by atoms with Crippen LogP contribution in [0.1, 0.15) is 46.9 Å². The molecule has 6 heteroatoms. The quantitative estimate of drug-likeness (QED) is 0.350. The minimum absolute atomic E-state index is 0.0502. The Kier molecular flexibility index (Phi) is 7.31. The van der Waals surface area contributed by atoms with E-state index in [1.54, 1.807) is 24.3 Å². The zero-order chi connectivity index (χ0) is 25.1. The molecule has 0 bridgehead atoms. The van der Waals surface area contributed by atoms with Gasteiger partial charge in [0.2, 0.25) is 0 Å². The number of rotatable bonds is 8. The van der Waals surface area contributed by atoms with Gasteiger partial charge in [0.05, 0.1) is 0 Å². The van der Waals surface area contributed by atoms with E-state index in [1.807, 2.05) is 52.2 Å². The fraction of sp³-hybridized carbons (Fsp3) is 0.276. The van der Waals surface area contributed by atoms with Crippen molar-refractivity contribution in [1.29, 1.82) is 0 Å². The normalized spacial score (nSPS) is 11.7. The number of halogens is 2. The first-order chi connectivity index (χ1) is 16.8. The summed E-state index contributed by atoms with van der Waals surface area (Å²) in [6, 6.07) is 20.5. The molecule has 4 rings (SSSR count).